The number of halogens is 4. The van der Waals surface area contributed by atoms with Crippen LogP contribution in [0.3, 0.4) is 0 Å². The van der Waals surface area contributed by atoms with Gasteiger partial charge in [0.2, 0.25) is 0 Å². The molecular weight excluding hydrogens is 451 g/mol. The van der Waals surface area contributed by atoms with Crippen molar-refractivity contribution in [3.63, 3.8) is 0 Å². The fourth-order valence-electron chi connectivity index (χ4n) is 2.17. The fraction of sp³-hybridized carbons (Fsp3) is 0.235. The number of benzene rings is 2. The number of sulfone groups is 1. The molecule has 2 rings (SSSR count). The molecule has 0 aliphatic heterocycles. The second-order valence-electron chi connectivity index (χ2n) is 6.02. The summed E-state index contributed by atoms with van der Waals surface area (Å²) in [6.45, 7) is 1.02. The summed E-state index contributed by atoms with van der Waals surface area (Å²) in [5.41, 5.74) is -3.20. The van der Waals surface area contributed by atoms with Gasteiger partial charge in [-0.1, -0.05) is 15.9 Å². The molecule has 0 spiro atoms. The van der Waals surface area contributed by atoms with E-state index in [1.807, 2.05) is 0 Å². The predicted molar refractivity (Wildman–Crippen MR) is 96.9 cm³/mol. The Morgan fingerprint density at radius 1 is 1.07 bits per heavy atom. The number of carbonyl (C=O) groups excluding carboxylic acids is 1. The Kier molecular flexibility index (Phi) is 6.03. The van der Waals surface area contributed by atoms with Gasteiger partial charge in [0.25, 0.3) is 5.91 Å². The maximum Gasteiger partial charge on any atom is 0.416 e. The molecule has 27 heavy (non-hydrogen) atoms. The van der Waals surface area contributed by atoms with Crippen LogP contribution in [-0.2, 0) is 20.8 Å². The number of anilines is 1. The quantitative estimate of drug-likeness (QED) is 0.705. The molecule has 1 amide bonds. The third-order valence-electron chi connectivity index (χ3n) is 3.60. The summed E-state index contributed by atoms with van der Waals surface area (Å²) in [6.07, 6.45) is -4.52. The Hall–Kier alpha value is -1.91. The van der Waals surface area contributed by atoms with Gasteiger partial charge in [-0.05, 0) is 55.5 Å². The fourth-order valence-corrected chi connectivity index (χ4v) is 4.02. The van der Waals surface area contributed by atoms with E-state index in [0.717, 1.165) is 31.2 Å². The van der Waals surface area contributed by atoms with Gasteiger partial charge in [-0.2, -0.15) is 13.2 Å². The normalized spacial score (nSPS) is 14.4. The van der Waals surface area contributed by atoms with E-state index in [1.54, 1.807) is 0 Å². The van der Waals surface area contributed by atoms with Crippen molar-refractivity contribution in [1.82, 2.24) is 0 Å². The molecule has 146 valence electrons. The monoisotopic (exact) mass is 465 g/mol. The average molecular weight is 466 g/mol. The van der Waals surface area contributed by atoms with E-state index in [-0.39, 0.29) is 10.6 Å². The van der Waals surface area contributed by atoms with Crippen LogP contribution < -0.4 is 5.32 Å². The molecule has 0 bridgehead atoms. The summed E-state index contributed by atoms with van der Waals surface area (Å²) in [4.78, 5) is 12.1. The zero-order chi connectivity index (χ0) is 20.5. The Balaban J connectivity index is 2.13. The second-order valence-corrected chi connectivity index (χ2v) is 8.92. The predicted octanol–water partition coefficient (Wildman–Crippen LogP) is 3.63. The lowest BCUT2D eigenvalue weighted by Crippen LogP contribution is -2.45. The SMILES string of the molecule is CC(O)(CS(=O)(=O)c1ccc(Br)cc1)C(=O)Nc1ccc(C(F)(F)F)cc1. The van der Waals surface area contributed by atoms with Crippen LogP contribution in [0.5, 0.6) is 0 Å². The summed E-state index contributed by atoms with van der Waals surface area (Å²) in [5.74, 6) is -1.95. The molecule has 0 radical (unpaired) electrons. The molecule has 5 nitrogen and oxygen atoms in total. The van der Waals surface area contributed by atoms with Gasteiger partial charge in [0.05, 0.1) is 16.2 Å². The minimum absolute atomic E-state index is 0.00526. The molecule has 2 aromatic rings. The van der Waals surface area contributed by atoms with Crippen molar-refractivity contribution >= 4 is 37.4 Å². The Bertz CT molecular complexity index is 924. The highest BCUT2D eigenvalue weighted by molar-refractivity contribution is 9.10. The lowest BCUT2D eigenvalue weighted by molar-refractivity contribution is -0.137. The van der Waals surface area contributed by atoms with Gasteiger partial charge in [0.15, 0.2) is 15.4 Å². The van der Waals surface area contributed by atoms with Crippen LogP contribution in [0.25, 0.3) is 0 Å². The summed E-state index contributed by atoms with van der Waals surface area (Å²) in [7, 11) is -3.98. The van der Waals surface area contributed by atoms with Crippen molar-refractivity contribution in [1.29, 1.82) is 0 Å². The van der Waals surface area contributed by atoms with Gasteiger partial charge in [-0.25, -0.2) is 8.42 Å². The van der Waals surface area contributed by atoms with E-state index < -0.39 is 38.8 Å². The van der Waals surface area contributed by atoms with Gasteiger partial charge in [-0.3, -0.25) is 4.79 Å². The molecule has 0 aliphatic rings. The van der Waals surface area contributed by atoms with Gasteiger partial charge >= 0.3 is 6.18 Å². The lowest BCUT2D eigenvalue weighted by Gasteiger charge is -2.22. The zero-order valence-electron chi connectivity index (χ0n) is 13.9. The maximum absolute atomic E-state index is 12.5. The summed E-state index contributed by atoms with van der Waals surface area (Å²) in [5, 5.41) is 12.5. The van der Waals surface area contributed by atoms with Crippen LogP contribution in [0.1, 0.15) is 12.5 Å². The molecule has 0 aliphatic carbocycles. The first-order valence-corrected chi connectivity index (χ1v) is 9.95. The molecule has 2 aromatic carbocycles. The van der Waals surface area contributed by atoms with E-state index in [0.29, 0.717) is 4.47 Å². The van der Waals surface area contributed by atoms with E-state index in [2.05, 4.69) is 21.2 Å². The first kappa shape index (κ1) is 21.4. The minimum atomic E-state index is -4.52. The highest BCUT2D eigenvalue weighted by Crippen LogP contribution is 2.30. The van der Waals surface area contributed by atoms with Crippen LogP contribution >= 0.6 is 15.9 Å². The van der Waals surface area contributed by atoms with Gasteiger partial charge in [0, 0.05) is 10.2 Å². The number of nitrogens with one attached hydrogen (secondary N) is 1. The summed E-state index contributed by atoms with van der Waals surface area (Å²) < 4.78 is 63.1. The van der Waals surface area contributed by atoms with E-state index in [4.69, 9.17) is 0 Å². The molecule has 0 saturated carbocycles. The minimum Gasteiger partial charge on any atom is -0.379 e. The molecule has 1 atom stereocenters. The van der Waals surface area contributed by atoms with Crippen molar-refractivity contribution in [3.8, 4) is 0 Å². The first-order chi connectivity index (χ1) is 12.3. The van der Waals surface area contributed by atoms with Crippen LogP contribution in [0.15, 0.2) is 57.9 Å². The first-order valence-electron chi connectivity index (χ1n) is 7.51. The highest BCUT2D eigenvalue weighted by Gasteiger charge is 2.37. The van der Waals surface area contributed by atoms with Crippen molar-refractivity contribution < 1.29 is 31.5 Å². The number of amides is 1. The van der Waals surface area contributed by atoms with Gasteiger partial charge < -0.3 is 10.4 Å². The maximum atomic E-state index is 12.5. The standard InChI is InChI=1S/C17H15BrF3NO4S/c1-16(24,10-27(25,26)14-8-4-12(18)5-9-14)15(23)22-13-6-2-11(3-7-13)17(19,20)21/h2-9,24H,10H2,1H3,(H,22,23). The Morgan fingerprint density at radius 3 is 2.07 bits per heavy atom. The smallest absolute Gasteiger partial charge is 0.379 e. The molecule has 0 fully saturated rings. The molecule has 1 unspecified atom stereocenters. The largest absolute Gasteiger partial charge is 0.416 e. The number of carbonyl (C=O) groups is 1. The Morgan fingerprint density at radius 2 is 1.59 bits per heavy atom. The summed E-state index contributed by atoms with van der Waals surface area (Å²) in [6, 6.07) is 9.21. The third-order valence-corrected chi connectivity index (χ3v) is 6.06. The van der Waals surface area contributed by atoms with Crippen molar-refractivity contribution in [3.05, 3.63) is 58.6 Å². The second kappa shape index (κ2) is 7.61. The van der Waals surface area contributed by atoms with E-state index in [9.17, 15) is 31.5 Å². The average Bonchev–Trinajstić information content (AvgIpc) is 2.54. The Labute approximate surface area is 162 Å². The van der Waals surface area contributed by atoms with E-state index >= 15 is 0 Å². The highest BCUT2D eigenvalue weighted by atomic mass is 79.9. The van der Waals surface area contributed by atoms with Gasteiger partial charge in [-0.15, -0.1) is 0 Å². The molecule has 2 N–H and O–H groups in total. The third kappa shape index (κ3) is 5.53. The number of aliphatic hydroxyl groups is 1. The number of hydrogen-bond donors (Lipinski definition) is 2. The van der Waals surface area contributed by atoms with Crippen molar-refractivity contribution in [2.45, 2.75) is 23.6 Å². The van der Waals surface area contributed by atoms with Crippen LogP contribution in [-0.4, -0.2) is 30.8 Å². The van der Waals surface area contributed by atoms with E-state index in [1.165, 1.54) is 24.3 Å². The van der Waals surface area contributed by atoms with Gasteiger partial charge in [0.1, 0.15) is 0 Å². The molecule has 0 saturated heterocycles. The number of hydrogen-bond acceptors (Lipinski definition) is 4. The molecule has 0 aromatic heterocycles. The summed E-state index contributed by atoms with van der Waals surface area (Å²) >= 11 is 3.17. The molecule has 10 heteroatoms. The van der Waals surface area contributed by atoms with Crippen LogP contribution in [0, 0.1) is 0 Å². The topological polar surface area (TPSA) is 83.5 Å². The number of rotatable bonds is 5. The van der Waals surface area contributed by atoms with Crippen LogP contribution in [0.4, 0.5) is 18.9 Å². The van der Waals surface area contributed by atoms with Crippen LogP contribution in [0.2, 0.25) is 0 Å². The molecule has 0 heterocycles. The number of alkyl halides is 3. The zero-order valence-corrected chi connectivity index (χ0v) is 16.3. The van der Waals surface area contributed by atoms with Crippen molar-refractivity contribution in [2.24, 2.45) is 0 Å². The molecular formula is C17H15BrF3NO4S. The lowest BCUT2D eigenvalue weighted by atomic mass is 10.1. The van der Waals surface area contributed by atoms with Crippen molar-refractivity contribution in [2.75, 3.05) is 11.1 Å².